The number of hydrogen-bond acceptors (Lipinski definition) is 8. The molecule has 1 aliphatic heterocycles. The van der Waals surface area contributed by atoms with Crippen LogP contribution in [0.4, 0.5) is 0 Å². The minimum Gasteiger partial charge on any atom is -0.493 e. The van der Waals surface area contributed by atoms with Crippen LogP contribution in [0.3, 0.4) is 0 Å². The second kappa shape index (κ2) is 7.92. The van der Waals surface area contributed by atoms with Crippen molar-refractivity contribution in [2.75, 3.05) is 12.5 Å². The number of amidine groups is 1. The molecule has 2 amide bonds. The largest absolute Gasteiger partial charge is 0.493 e. The zero-order valence-electron chi connectivity index (χ0n) is 14.3. The molecular weight excluding hydrogens is 390 g/mol. The third-order valence-electron chi connectivity index (χ3n) is 4.00. The fraction of sp³-hybridized carbons (Fsp3) is 0.250. The topological polar surface area (TPSA) is 137 Å². The van der Waals surface area contributed by atoms with Crippen LogP contribution in [-0.2, 0) is 9.59 Å². The molecule has 140 valence electrons. The van der Waals surface area contributed by atoms with E-state index in [2.05, 4.69) is 25.3 Å². The monoisotopic (exact) mass is 405 g/mol. The fourth-order valence-corrected chi connectivity index (χ4v) is 3.56. The normalized spacial score (nSPS) is 18.0. The van der Waals surface area contributed by atoms with Crippen molar-refractivity contribution >= 4 is 40.5 Å². The van der Waals surface area contributed by atoms with E-state index >= 15 is 0 Å². The Morgan fingerprint density at radius 2 is 1.85 bits per heavy atom. The molecule has 3 N–H and O–H groups in total. The molecule has 0 saturated carbocycles. The highest BCUT2D eigenvalue weighted by molar-refractivity contribution is 8.13. The molecule has 0 bridgehead atoms. The average molecular weight is 405 g/mol. The Hall–Kier alpha value is -2.66. The van der Waals surface area contributed by atoms with Gasteiger partial charge < -0.3 is 15.4 Å². The highest BCUT2D eigenvalue weighted by Crippen LogP contribution is 2.36. The van der Waals surface area contributed by atoms with Crippen molar-refractivity contribution in [2.24, 2.45) is 10.9 Å². The molecule has 27 heavy (non-hydrogen) atoms. The molecule has 0 saturated heterocycles. The summed E-state index contributed by atoms with van der Waals surface area (Å²) in [5.74, 6) is -4.23. The molecule has 0 radical (unpaired) electrons. The van der Waals surface area contributed by atoms with Crippen molar-refractivity contribution in [1.29, 1.82) is 0 Å². The van der Waals surface area contributed by atoms with Gasteiger partial charge in [0.25, 0.3) is 11.5 Å². The van der Waals surface area contributed by atoms with Crippen molar-refractivity contribution in [2.45, 2.75) is 11.1 Å². The zero-order valence-corrected chi connectivity index (χ0v) is 15.9. The third kappa shape index (κ3) is 3.74. The number of nitrogens with zero attached hydrogens (tertiary/aromatic N) is 3. The zero-order chi connectivity index (χ0) is 19.6. The van der Waals surface area contributed by atoms with Crippen molar-refractivity contribution in [1.82, 2.24) is 20.3 Å². The van der Waals surface area contributed by atoms with E-state index in [1.165, 1.54) is 12.4 Å². The Kier molecular flexibility index (Phi) is 5.61. The van der Waals surface area contributed by atoms with Gasteiger partial charge in [0, 0.05) is 18.3 Å². The van der Waals surface area contributed by atoms with E-state index in [9.17, 15) is 19.5 Å². The number of carbonyl (C=O) groups is 2. The summed E-state index contributed by atoms with van der Waals surface area (Å²) in [7, 11) is 0. The highest BCUT2D eigenvalue weighted by atomic mass is 32.2. The molecule has 3 heterocycles. The quantitative estimate of drug-likeness (QED) is 0.384. The second-order valence-electron chi connectivity index (χ2n) is 5.50. The average Bonchev–Trinajstić information content (AvgIpc) is 2.66. The summed E-state index contributed by atoms with van der Waals surface area (Å²) in [5, 5.41) is 13.3. The highest BCUT2D eigenvalue weighted by Gasteiger charge is 2.42. The predicted octanol–water partition coefficient (Wildman–Crippen LogP) is 0.716. The molecule has 0 aliphatic carbocycles. The maximum Gasteiger partial charge on any atom is 0.261 e. The van der Waals surface area contributed by atoms with E-state index < -0.39 is 35.1 Å². The minimum atomic E-state index is -1.32. The molecule has 3 rings (SSSR count). The van der Waals surface area contributed by atoms with Gasteiger partial charge in [0.15, 0.2) is 10.3 Å². The predicted molar refractivity (Wildman–Crippen MR) is 102 cm³/mol. The molecule has 2 atom stereocenters. The number of aliphatic imine (C=N–C) groups is 1. The van der Waals surface area contributed by atoms with E-state index in [1.807, 2.05) is 0 Å². The lowest BCUT2D eigenvalue weighted by atomic mass is 9.80. The Morgan fingerprint density at radius 3 is 2.41 bits per heavy atom. The number of hydrogen-bond donors (Lipinski definition) is 3. The van der Waals surface area contributed by atoms with E-state index in [-0.39, 0.29) is 15.9 Å². The Bertz CT molecular complexity index is 977. The van der Waals surface area contributed by atoms with Gasteiger partial charge in [-0.2, -0.15) is 9.98 Å². The number of thioether (sulfide) groups is 2. The number of aromatic hydroxyl groups is 1. The van der Waals surface area contributed by atoms with Crippen LogP contribution in [-0.4, -0.2) is 49.6 Å². The van der Waals surface area contributed by atoms with Crippen LogP contribution in [0.2, 0.25) is 0 Å². The minimum absolute atomic E-state index is 0.171. The number of rotatable bonds is 4. The Balaban J connectivity index is 2.21. The van der Waals surface area contributed by atoms with Gasteiger partial charge in [-0.15, -0.1) is 0 Å². The van der Waals surface area contributed by atoms with Gasteiger partial charge in [-0.1, -0.05) is 23.5 Å². The van der Waals surface area contributed by atoms with Gasteiger partial charge in [0.2, 0.25) is 11.8 Å². The van der Waals surface area contributed by atoms with Gasteiger partial charge in [-0.05, 0) is 30.2 Å². The summed E-state index contributed by atoms with van der Waals surface area (Å²) >= 11 is 2.27. The summed E-state index contributed by atoms with van der Waals surface area (Å²) < 4.78 is 0. The molecule has 1 aliphatic rings. The summed E-state index contributed by atoms with van der Waals surface area (Å²) in [6.45, 7) is 0. The van der Waals surface area contributed by atoms with Crippen LogP contribution in [0.1, 0.15) is 17.0 Å². The third-order valence-corrected chi connectivity index (χ3v) is 5.16. The Labute approximate surface area is 162 Å². The molecule has 2 aromatic rings. The molecule has 0 aromatic carbocycles. The lowest BCUT2D eigenvalue weighted by molar-refractivity contribution is -0.133. The summed E-state index contributed by atoms with van der Waals surface area (Å²) in [5.41, 5.74) is -0.343. The maximum atomic E-state index is 12.6. The first-order valence-electron chi connectivity index (χ1n) is 7.70. The molecule has 0 unspecified atom stereocenters. The SMILES string of the molecule is CSC1=NC(=O)[C@H]([C@H](c2ccncc2)c2c(O)nc(SC)[nH]c2=O)C(=O)N1. The number of pyridine rings is 1. The number of aromatic amines is 1. The van der Waals surface area contributed by atoms with Gasteiger partial charge >= 0.3 is 0 Å². The standard InChI is InChI=1S/C16H15N5O4S2/c1-26-15-18-11(22)9(12(23)19-15)8(7-3-5-17-6-4-7)10-13(24)20-16(27-2)21-14(10)25/h3-6,8-9H,1-2H3,(H,18,19,22,23)(H2,20,21,24,25)/t8-/m0/s1. The summed E-state index contributed by atoms with van der Waals surface area (Å²) in [4.78, 5) is 52.2. The Morgan fingerprint density at radius 1 is 1.15 bits per heavy atom. The van der Waals surface area contributed by atoms with Crippen LogP contribution in [0, 0.1) is 5.92 Å². The van der Waals surface area contributed by atoms with Crippen LogP contribution < -0.4 is 10.9 Å². The van der Waals surface area contributed by atoms with E-state index in [0.717, 1.165) is 23.5 Å². The molecular formula is C16H15N5O4S2. The van der Waals surface area contributed by atoms with Gasteiger partial charge in [0.1, 0.15) is 5.92 Å². The molecule has 11 heteroatoms. The lowest BCUT2D eigenvalue weighted by Crippen LogP contribution is -2.46. The first-order valence-corrected chi connectivity index (χ1v) is 10.2. The smallest absolute Gasteiger partial charge is 0.261 e. The van der Waals surface area contributed by atoms with E-state index in [4.69, 9.17) is 0 Å². The van der Waals surface area contributed by atoms with Crippen molar-refractivity contribution in [3.05, 3.63) is 46.0 Å². The summed E-state index contributed by atoms with van der Waals surface area (Å²) in [6.07, 6.45) is 6.31. The number of carbonyl (C=O) groups excluding carboxylic acids is 2. The van der Waals surface area contributed by atoms with Gasteiger partial charge in [-0.3, -0.25) is 19.4 Å². The van der Waals surface area contributed by atoms with Crippen molar-refractivity contribution in [3.63, 3.8) is 0 Å². The van der Waals surface area contributed by atoms with Gasteiger partial charge in [0.05, 0.1) is 5.56 Å². The van der Waals surface area contributed by atoms with Crippen molar-refractivity contribution in [3.8, 4) is 5.88 Å². The number of aromatic nitrogens is 3. The van der Waals surface area contributed by atoms with Crippen LogP contribution in [0.15, 0.2) is 39.5 Å². The first-order chi connectivity index (χ1) is 13.0. The lowest BCUT2D eigenvalue weighted by Gasteiger charge is -2.27. The van der Waals surface area contributed by atoms with Crippen LogP contribution in [0.5, 0.6) is 5.88 Å². The van der Waals surface area contributed by atoms with Crippen LogP contribution in [0.25, 0.3) is 0 Å². The van der Waals surface area contributed by atoms with E-state index in [1.54, 1.807) is 24.6 Å². The maximum absolute atomic E-state index is 12.6. The number of H-pyrrole nitrogens is 1. The van der Waals surface area contributed by atoms with Gasteiger partial charge in [-0.25, -0.2) is 0 Å². The first kappa shape index (κ1) is 19.1. The molecule has 2 aromatic heterocycles. The number of amides is 2. The molecule has 9 nitrogen and oxygen atoms in total. The number of nitrogens with one attached hydrogen (secondary N) is 2. The van der Waals surface area contributed by atoms with E-state index in [0.29, 0.717) is 5.56 Å². The molecule has 0 fully saturated rings. The second-order valence-corrected chi connectivity index (χ2v) is 7.09. The fourth-order valence-electron chi connectivity index (χ4n) is 2.81. The van der Waals surface area contributed by atoms with Crippen LogP contribution >= 0.6 is 23.5 Å². The summed E-state index contributed by atoms with van der Waals surface area (Å²) in [6, 6.07) is 3.14. The van der Waals surface area contributed by atoms with Crippen molar-refractivity contribution < 1.29 is 14.7 Å². The molecule has 0 spiro atoms.